The number of halogens is 1. The Labute approximate surface area is 81.2 Å². The van der Waals surface area contributed by atoms with Gasteiger partial charge in [-0.05, 0) is 25.5 Å². The number of H-pyrrole nitrogens is 1. The fraction of sp³-hybridized carbons (Fsp3) is 0.333. The second-order valence-corrected chi connectivity index (χ2v) is 3.78. The number of fused-ring (bicyclic) bond motifs is 1. The average Bonchev–Trinajstić information content (AvgIpc) is 2.46. The minimum atomic E-state index is -0.102. The van der Waals surface area contributed by atoms with E-state index in [9.17, 15) is 0 Å². The molecular weight excluding hydrogens is 186 g/mol. The number of nitrogens with one attached hydrogen (secondary N) is 1. The average molecular weight is 196 g/mol. The second kappa shape index (κ2) is 3.00. The van der Waals surface area contributed by atoms with E-state index >= 15 is 0 Å². The van der Waals surface area contributed by atoms with Gasteiger partial charge in [-0.3, -0.25) is 0 Å². The highest BCUT2D eigenvalue weighted by molar-refractivity contribution is 6.20. The lowest BCUT2D eigenvalue weighted by Gasteiger charge is -1.93. The summed E-state index contributed by atoms with van der Waals surface area (Å²) in [6, 6.07) is 2.01. The molecule has 0 spiro atoms. The Morgan fingerprint density at radius 2 is 2.31 bits per heavy atom. The first-order valence-electron chi connectivity index (χ1n) is 4.13. The number of alkyl halides is 1. The van der Waals surface area contributed by atoms with Crippen molar-refractivity contribution in [3.8, 4) is 0 Å². The van der Waals surface area contributed by atoms with Crippen LogP contribution in [0.5, 0.6) is 0 Å². The van der Waals surface area contributed by atoms with Gasteiger partial charge in [0.25, 0.3) is 0 Å². The Balaban J connectivity index is 2.62. The van der Waals surface area contributed by atoms with Crippen molar-refractivity contribution >= 4 is 22.8 Å². The van der Waals surface area contributed by atoms with Gasteiger partial charge in [0.15, 0.2) is 5.65 Å². The summed E-state index contributed by atoms with van der Waals surface area (Å²) in [4.78, 5) is 11.6. The summed E-state index contributed by atoms with van der Waals surface area (Å²) in [6.07, 6.45) is 1.80. The molecule has 0 aliphatic carbocycles. The molecule has 0 bridgehead atoms. The number of imidazole rings is 1. The van der Waals surface area contributed by atoms with Crippen LogP contribution in [-0.4, -0.2) is 15.0 Å². The standard InChI is InChI=1S/C9H10ClN3/c1-5-3-7-9(11-4-5)13-8(12-7)6(2)10/h3-4,6H,1-2H3,(H,11,12,13). The molecule has 0 aliphatic heterocycles. The molecule has 0 aliphatic rings. The monoisotopic (exact) mass is 195 g/mol. The first-order chi connectivity index (χ1) is 6.16. The zero-order chi connectivity index (χ0) is 9.42. The largest absolute Gasteiger partial charge is 0.339 e. The van der Waals surface area contributed by atoms with Gasteiger partial charge in [-0.1, -0.05) is 0 Å². The van der Waals surface area contributed by atoms with Crippen molar-refractivity contribution in [2.45, 2.75) is 19.2 Å². The Bertz CT molecular complexity index is 433. The van der Waals surface area contributed by atoms with Gasteiger partial charge in [-0.2, -0.15) is 0 Å². The number of aromatic amines is 1. The topological polar surface area (TPSA) is 41.6 Å². The Morgan fingerprint density at radius 3 is 3.00 bits per heavy atom. The smallest absolute Gasteiger partial charge is 0.177 e. The van der Waals surface area contributed by atoms with Gasteiger partial charge in [0.05, 0.1) is 10.9 Å². The maximum Gasteiger partial charge on any atom is 0.177 e. The summed E-state index contributed by atoms with van der Waals surface area (Å²) in [6.45, 7) is 3.88. The molecule has 4 heteroatoms. The number of pyridine rings is 1. The van der Waals surface area contributed by atoms with Crippen molar-refractivity contribution in [2.24, 2.45) is 0 Å². The van der Waals surface area contributed by atoms with Crippen molar-refractivity contribution in [2.75, 3.05) is 0 Å². The van der Waals surface area contributed by atoms with Crippen LogP contribution in [-0.2, 0) is 0 Å². The van der Waals surface area contributed by atoms with Gasteiger partial charge in [0, 0.05) is 6.20 Å². The van der Waals surface area contributed by atoms with Crippen LogP contribution in [0.2, 0.25) is 0 Å². The Kier molecular flexibility index (Phi) is 1.96. The molecule has 0 radical (unpaired) electrons. The van der Waals surface area contributed by atoms with Crippen LogP contribution in [0.4, 0.5) is 0 Å². The number of nitrogens with zero attached hydrogens (tertiary/aromatic N) is 2. The lowest BCUT2D eigenvalue weighted by atomic mass is 10.3. The molecule has 0 saturated heterocycles. The molecule has 68 valence electrons. The summed E-state index contributed by atoms with van der Waals surface area (Å²) in [5, 5.41) is -0.102. The molecule has 0 amide bonds. The molecule has 0 aromatic carbocycles. The molecule has 1 N–H and O–H groups in total. The van der Waals surface area contributed by atoms with Crippen LogP contribution in [0.1, 0.15) is 23.7 Å². The van der Waals surface area contributed by atoms with Gasteiger partial charge < -0.3 is 4.98 Å². The fourth-order valence-electron chi connectivity index (χ4n) is 1.21. The van der Waals surface area contributed by atoms with Crippen LogP contribution in [0.3, 0.4) is 0 Å². The van der Waals surface area contributed by atoms with Crippen LogP contribution in [0.15, 0.2) is 12.3 Å². The van der Waals surface area contributed by atoms with E-state index < -0.39 is 0 Å². The van der Waals surface area contributed by atoms with E-state index in [-0.39, 0.29) is 5.38 Å². The van der Waals surface area contributed by atoms with Gasteiger partial charge in [0.1, 0.15) is 5.82 Å². The third-order valence-electron chi connectivity index (χ3n) is 1.87. The summed E-state index contributed by atoms with van der Waals surface area (Å²) in [5.41, 5.74) is 2.79. The maximum atomic E-state index is 5.89. The Morgan fingerprint density at radius 1 is 1.54 bits per heavy atom. The molecule has 1 unspecified atom stereocenters. The maximum absolute atomic E-state index is 5.89. The summed E-state index contributed by atoms with van der Waals surface area (Å²) in [5.74, 6) is 0.773. The number of hydrogen-bond acceptors (Lipinski definition) is 2. The highest BCUT2D eigenvalue weighted by Gasteiger charge is 2.07. The van der Waals surface area contributed by atoms with Gasteiger partial charge >= 0.3 is 0 Å². The van der Waals surface area contributed by atoms with Crippen molar-refractivity contribution < 1.29 is 0 Å². The lowest BCUT2D eigenvalue weighted by molar-refractivity contribution is 0.960. The highest BCUT2D eigenvalue weighted by atomic mass is 35.5. The minimum Gasteiger partial charge on any atom is -0.339 e. The van der Waals surface area contributed by atoms with Crippen molar-refractivity contribution in [1.82, 2.24) is 15.0 Å². The number of rotatable bonds is 1. The first-order valence-corrected chi connectivity index (χ1v) is 4.57. The molecule has 2 aromatic rings. The second-order valence-electron chi connectivity index (χ2n) is 3.12. The number of hydrogen-bond donors (Lipinski definition) is 1. The van der Waals surface area contributed by atoms with Crippen LogP contribution >= 0.6 is 11.6 Å². The molecule has 3 nitrogen and oxygen atoms in total. The molecule has 0 fully saturated rings. The van der Waals surface area contributed by atoms with E-state index in [1.165, 1.54) is 0 Å². The van der Waals surface area contributed by atoms with Crippen molar-refractivity contribution in [3.63, 3.8) is 0 Å². The molecule has 2 heterocycles. The van der Waals surface area contributed by atoms with E-state index in [4.69, 9.17) is 11.6 Å². The van der Waals surface area contributed by atoms with E-state index in [1.807, 2.05) is 19.9 Å². The zero-order valence-electron chi connectivity index (χ0n) is 7.50. The predicted molar refractivity (Wildman–Crippen MR) is 52.9 cm³/mol. The zero-order valence-corrected chi connectivity index (χ0v) is 8.26. The van der Waals surface area contributed by atoms with E-state index in [2.05, 4.69) is 15.0 Å². The van der Waals surface area contributed by atoms with E-state index in [0.717, 1.165) is 22.6 Å². The van der Waals surface area contributed by atoms with Crippen LogP contribution in [0.25, 0.3) is 11.2 Å². The van der Waals surface area contributed by atoms with E-state index in [1.54, 1.807) is 6.20 Å². The third kappa shape index (κ3) is 1.52. The summed E-state index contributed by atoms with van der Waals surface area (Å²) < 4.78 is 0. The molecular formula is C9H10ClN3. The first kappa shape index (κ1) is 8.51. The van der Waals surface area contributed by atoms with Crippen molar-refractivity contribution in [1.29, 1.82) is 0 Å². The summed E-state index contributed by atoms with van der Waals surface area (Å²) >= 11 is 5.89. The van der Waals surface area contributed by atoms with Gasteiger partial charge in [-0.15, -0.1) is 11.6 Å². The van der Waals surface area contributed by atoms with Gasteiger partial charge in [-0.25, -0.2) is 9.97 Å². The number of aryl methyl sites for hydroxylation is 1. The highest BCUT2D eigenvalue weighted by Crippen LogP contribution is 2.19. The van der Waals surface area contributed by atoms with Crippen LogP contribution in [0, 0.1) is 6.92 Å². The molecule has 2 rings (SSSR count). The fourth-order valence-corrected chi connectivity index (χ4v) is 1.31. The van der Waals surface area contributed by atoms with Crippen molar-refractivity contribution in [3.05, 3.63) is 23.7 Å². The third-order valence-corrected chi connectivity index (χ3v) is 2.08. The molecule has 0 saturated carbocycles. The SMILES string of the molecule is Cc1cnc2nc(C(C)Cl)[nH]c2c1. The van der Waals surface area contributed by atoms with Gasteiger partial charge in [0.2, 0.25) is 0 Å². The normalized spacial score (nSPS) is 13.5. The predicted octanol–water partition coefficient (Wildman–Crippen LogP) is 2.57. The molecule has 13 heavy (non-hydrogen) atoms. The molecule has 1 atom stereocenters. The van der Waals surface area contributed by atoms with E-state index in [0.29, 0.717) is 0 Å². The van der Waals surface area contributed by atoms with Crippen LogP contribution < -0.4 is 0 Å². The minimum absolute atomic E-state index is 0.102. The number of aromatic nitrogens is 3. The Hall–Kier alpha value is -1.09. The lowest BCUT2D eigenvalue weighted by Crippen LogP contribution is -1.85. The quantitative estimate of drug-likeness (QED) is 0.711. The summed E-state index contributed by atoms with van der Waals surface area (Å²) in [7, 11) is 0. The molecule has 2 aromatic heterocycles.